The van der Waals surface area contributed by atoms with E-state index in [9.17, 15) is 18.4 Å². The van der Waals surface area contributed by atoms with Gasteiger partial charge >= 0.3 is 0 Å². The van der Waals surface area contributed by atoms with Crippen molar-refractivity contribution in [3.63, 3.8) is 0 Å². The number of nitrogens with zero attached hydrogens (tertiary/aromatic N) is 3. The molecule has 1 saturated heterocycles. The normalized spacial score (nSPS) is 17.5. The van der Waals surface area contributed by atoms with Crippen LogP contribution in [0.15, 0.2) is 30.5 Å². The van der Waals surface area contributed by atoms with Gasteiger partial charge in [0, 0.05) is 37.7 Å². The zero-order valence-electron chi connectivity index (χ0n) is 17.3. The van der Waals surface area contributed by atoms with Gasteiger partial charge in [-0.15, -0.1) is 6.42 Å². The summed E-state index contributed by atoms with van der Waals surface area (Å²) in [4.78, 5) is 34.1. The molecule has 31 heavy (non-hydrogen) atoms. The van der Waals surface area contributed by atoms with Gasteiger partial charge < -0.3 is 15.5 Å². The molecule has 0 aliphatic carbocycles. The Morgan fingerprint density at radius 3 is 2.81 bits per heavy atom. The van der Waals surface area contributed by atoms with Crippen LogP contribution in [0.5, 0.6) is 0 Å². The van der Waals surface area contributed by atoms with Gasteiger partial charge in [0.1, 0.15) is 17.3 Å². The van der Waals surface area contributed by atoms with Crippen LogP contribution in [0.3, 0.4) is 0 Å². The molecular formula is C22H23F2N5O2. The van der Waals surface area contributed by atoms with Crippen LogP contribution in [-0.2, 0) is 4.79 Å². The third-order valence-electron chi connectivity index (χ3n) is 5.02. The lowest BCUT2D eigenvalue weighted by Crippen LogP contribution is -2.55. The van der Waals surface area contributed by atoms with Gasteiger partial charge in [0.15, 0.2) is 0 Å². The van der Waals surface area contributed by atoms with Crippen molar-refractivity contribution < 1.29 is 18.4 Å². The van der Waals surface area contributed by atoms with Crippen molar-refractivity contribution in [2.75, 3.05) is 18.4 Å². The number of likely N-dealkylation sites (tertiary alicyclic amines) is 1. The molecular weight excluding hydrogens is 404 g/mol. The molecule has 2 aromatic rings. The number of hydrogen-bond donors (Lipinski definition) is 2. The summed E-state index contributed by atoms with van der Waals surface area (Å²) >= 11 is 0. The summed E-state index contributed by atoms with van der Waals surface area (Å²) in [5.41, 5.74) is 1.23. The van der Waals surface area contributed by atoms with Crippen molar-refractivity contribution in [2.24, 2.45) is 0 Å². The van der Waals surface area contributed by atoms with E-state index >= 15 is 0 Å². The van der Waals surface area contributed by atoms with Gasteiger partial charge in [-0.25, -0.2) is 18.7 Å². The van der Waals surface area contributed by atoms with Gasteiger partial charge in [-0.05, 0) is 37.1 Å². The summed E-state index contributed by atoms with van der Waals surface area (Å²) in [6, 6.07) is 6.13. The third kappa shape index (κ3) is 5.54. The van der Waals surface area contributed by atoms with Crippen molar-refractivity contribution in [3.05, 3.63) is 47.3 Å². The summed E-state index contributed by atoms with van der Waals surface area (Å²) in [5, 5.41) is 5.59. The van der Waals surface area contributed by atoms with Crippen molar-refractivity contribution >= 4 is 23.5 Å². The fraction of sp³-hybridized carbons (Fsp3) is 0.364. The van der Waals surface area contributed by atoms with Crippen LogP contribution in [0.4, 0.5) is 20.4 Å². The number of alkyl halides is 2. The number of terminal acetylenes is 1. The SMILES string of the molecule is C#Cc1ccnc(Nc2ccc(C)c(C(=O)N3CC(F)(F)CC[C@@H]3CNC(C)=O)n2)c1. The Morgan fingerprint density at radius 1 is 1.32 bits per heavy atom. The second-order valence-electron chi connectivity index (χ2n) is 7.48. The van der Waals surface area contributed by atoms with Crippen LogP contribution >= 0.6 is 0 Å². The topological polar surface area (TPSA) is 87.2 Å². The number of pyridine rings is 2. The lowest BCUT2D eigenvalue weighted by Gasteiger charge is -2.39. The highest BCUT2D eigenvalue weighted by Gasteiger charge is 2.42. The predicted octanol–water partition coefficient (Wildman–Crippen LogP) is 2.89. The highest BCUT2D eigenvalue weighted by molar-refractivity contribution is 5.94. The molecule has 2 N–H and O–H groups in total. The predicted molar refractivity (Wildman–Crippen MR) is 112 cm³/mol. The first-order valence-corrected chi connectivity index (χ1v) is 9.79. The molecule has 1 atom stereocenters. The number of amides is 2. The summed E-state index contributed by atoms with van der Waals surface area (Å²) in [7, 11) is 0. The largest absolute Gasteiger partial charge is 0.354 e. The number of rotatable bonds is 5. The summed E-state index contributed by atoms with van der Waals surface area (Å²) in [6.07, 6.45) is 6.68. The van der Waals surface area contributed by atoms with Gasteiger partial charge in [-0.2, -0.15) is 0 Å². The monoisotopic (exact) mass is 427 g/mol. The van der Waals surface area contributed by atoms with Crippen molar-refractivity contribution in [1.29, 1.82) is 0 Å². The molecule has 2 aromatic heterocycles. The molecule has 0 saturated carbocycles. The van der Waals surface area contributed by atoms with E-state index < -0.39 is 24.4 Å². The van der Waals surface area contributed by atoms with Crippen LogP contribution < -0.4 is 10.6 Å². The van der Waals surface area contributed by atoms with Gasteiger partial charge in [0.25, 0.3) is 11.8 Å². The van der Waals surface area contributed by atoms with E-state index in [0.717, 1.165) is 4.90 Å². The maximum atomic E-state index is 14.1. The van der Waals surface area contributed by atoms with Gasteiger partial charge in [0.05, 0.1) is 6.54 Å². The van der Waals surface area contributed by atoms with Crippen LogP contribution in [0.25, 0.3) is 0 Å². The van der Waals surface area contributed by atoms with E-state index in [1.165, 1.54) is 6.92 Å². The minimum atomic E-state index is -2.99. The van der Waals surface area contributed by atoms with Crippen molar-refractivity contribution in [1.82, 2.24) is 20.2 Å². The Kier molecular flexibility index (Phi) is 6.49. The average Bonchev–Trinajstić information content (AvgIpc) is 2.73. The number of anilines is 2. The van der Waals surface area contributed by atoms with Crippen LogP contribution in [0.1, 0.15) is 41.4 Å². The van der Waals surface area contributed by atoms with Gasteiger partial charge in [-0.3, -0.25) is 9.59 Å². The molecule has 162 valence electrons. The lowest BCUT2D eigenvalue weighted by atomic mass is 9.98. The van der Waals surface area contributed by atoms with Crippen LogP contribution in [0, 0.1) is 19.3 Å². The summed E-state index contributed by atoms with van der Waals surface area (Å²) in [5.74, 6) is -0.610. The van der Waals surface area contributed by atoms with E-state index in [2.05, 4.69) is 26.5 Å². The Hall–Kier alpha value is -3.54. The number of carbonyl (C=O) groups is 2. The number of halogens is 2. The molecule has 0 radical (unpaired) electrons. The van der Waals surface area contributed by atoms with Crippen LogP contribution in [0.2, 0.25) is 0 Å². The van der Waals surface area contributed by atoms with Crippen molar-refractivity contribution in [2.45, 2.75) is 38.7 Å². The molecule has 0 spiro atoms. The molecule has 0 unspecified atom stereocenters. The minimum Gasteiger partial charge on any atom is -0.354 e. The molecule has 0 bridgehead atoms. The first-order chi connectivity index (χ1) is 14.7. The first kappa shape index (κ1) is 22.2. The molecule has 1 fully saturated rings. The van der Waals surface area contributed by atoms with E-state index in [0.29, 0.717) is 22.8 Å². The number of hydrogen-bond acceptors (Lipinski definition) is 5. The maximum absolute atomic E-state index is 14.1. The van der Waals surface area contributed by atoms with Gasteiger partial charge in [0.2, 0.25) is 5.91 Å². The molecule has 7 nitrogen and oxygen atoms in total. The molecule has 3 rings (SSSR count). The zero-order chi connectivity index (χ0) is 22.6. The lowest BCUT2D eigenvalue weighted by molar-refractivity contribution is -0.119. The Bertz CT molecular complexity index is 1030. The highest BCUT2D eigenvalue weighted by atomic mass is 19.3. The van der Waals surface area contributed by atoms with Gasteiger partial charge in [-0.1, -0.05) is 12.0 Å². The highest BCUT2D eigenvalue weighted by Crippen LogP contribution is 2.31. The number of carbonyl (C=O) groups excluding carboxylic acids is 2. The average molecular weight is 427 g/mol. The van der Waals surface area contributed by atoms with E-state index in [4.69, 9.17) is 6.42 Å². The fourth-order valence-corrected chi connectivity index (χ4v) is 3.37. The standard InChI is InChI=1S/C22H23F2N5O2/c1-4-16-8-10-25-19(11-16)27-18-6-5-14(2)20(28-18)21(31)29-13-22(23,24)9-7-17(29)12-26-15(3)30/h1,5-6,8,10-11,17H,7,9,12-13H2,2-3H3,(H,26,30)(H,25,27,28)/t17-/m1/s1. The number of aromatic nitrogens is 2. The molecule has 0 aromatic carbocycles. The Balaban J connectivity index is 1.86. The fourth-order valence-electron chi connectivity index (χ4n) is 3.37. The molecule has 1 aliphatic heterocycles. The minimum absolute atomic E-state index is 0.0589. The Labute approximate surface area is 179 Å². The molecule has 2 amide bonds. The molecule has 1 aliphatic rings. The van der Waals surface area contributed by atoms with Crippen LogP contribution in [-0.4, -0.2) is 51.7 Å². The quantitative estimate of drug-likeness (QED) is 0.717. The Morgan fingerprint density at radius 2 is 2.10 bits per heavy atom. The summed E-state index contributed by atoms with van der Waals surface area (Å²) in [6.45, 7) is 2.41. The first-order valence-electron chi connectivity index (χ1n) is 9.79. The zero-order valence-corrected chi connectivity index (χ0v) is 17.3. The summed E-state index contributed by atoms with van der Waals surface area (Å²) < 4.78 is 28.2. The van der Waals surface area contributed by atoms with E-state index in [1.54, 1.807) is 37.4 Å². The second kappa shape index (κ2) is 9.08. The van der Waals surface area contributed by atoms with Crippen molar-refractivity contribution in [3.8, 4) is 12.3 Å². The maximum Gasteiger partial charge on any atom is 0.273 e. The number of piperidine rings is 1. The number of aryl methyl sites for hydroxylation is 1. The molecule has 3 heterocycles. The number of nitrogens with one attached hydrogen (secondary N) is 2. The smallest absolute Gasteiger partial charge is 0.273 e. The third-order valence-corrected chi connectivity index (χ3v) is 5.02. The second-order valence-corrected chi connectivity index (χ2v) is 7.48. The van der Waals surface area contributed by atoms with E-state index in [1.807, 2.05) is 0 Å². The molecule has 9 heteroatoms. The van der Waals surface area contributed by atoms with E-state index in [-0.39, 0.29) is 31.0 Å².